The van der Waals surface area contributed by atoms with Gasteiger partial charge in [-0.25, -0.2) is 0 Å². The van der Waals surface area contributed by atoms with Crippen LogP contribution in [0.3, 0.4) is 0 Å². The number of carbonyl (C=O) groups is 1. The Hall–Kier alpha value is -1.19. The largest absolute Gasteiger partial charge is 0.368 e. The smallest absolute Gasteiger partial charge is 0.152 e. The molecule has 0 aliphatic carbocycles. The Morgan fingerprint density at radius 2 is 2.07 bits per heavy atom. The molecule has 76 valence electrons. The summed E-state index contributed by atoms with van der Waals surface area (Å²) in [4.78, 5) is 10.4. The number of benzene rings is 1. The molecule has 1 aromatic carbocycles. The highest BCUT2D eigenvalue weighted by atomic mass is 16.6. The fourth-order valence-corrected chi connectivity index (χ4v) is 1.26. The number of ether oxygens (including phenoxy) is 1. The highest BCUT2D eigenvalue weighted by Gasteiger charge is 2.13. The molecule has 1 rings (SSSR count). The quantitative estimate of drug-likeness (QED) is 0.573. The Kier molecular flexibility index (Phi) is 4.29. The molecule has 1 aromatic rings. The first-order chi connectivity index (χ1) is 6.74. The molecule has 0 fully saturated rings. The minimum absolute atomic E-state index is 0.259. The molecule has 0 spiro atoms. The molecule has 0 saturated heterocycles. The fraction of sp³-hybridized carbons (Fsp3) is 0.364. The molecular formula is C11H14O3. The molecule has 2 unspecified atom stereocenters. The van der Waals surface area contributed by atoms with Crippen molar-refractivity contribution in [1.29, 1.82) is 0 Å². The van der Waals surface area contributed by atoms with Crippen molar-refractivity contribution in [2.24, 2.45) is 0 Å². The zero-order valence-corrected chi connectivity index (χ0v) is 8.09. The van der Waals surface area contributed by atoms with Crippen LogP contribution in [0.25, 0.3) is 0 Å². The third-order valence-corrected chi connectivity index (χ3v) is 1.84. The molecule has 1 N–H and O–H groups in total. The van der Waals surface area contributed by atoms with E-state index < -0.39 is 6.29 Å². The minimum Gasteiger partial charge on any atom is -0.368 e. The van der Waals surface area contributed by atoms with Crippen LogP contribution in [0.15, 0.2) is 30.3 Å². The zero-order valence-electron chi connectivity index (χ0n) is 8.09. The molecule has 3 nitrogen and oxygen atoms in total. The summed E-state index contributed by atoms with van der Waals surface area (Å²) in [5.41, 5.74) is 0.903. The molecule has 2 atom stereocenters. The van der Waals surface area contributed by atoms with Crippen LogP contribution in [0.5, 0.6) is 0 Å². The molecule has 0 saturated carbocycles. The number of aliphatic hydroxyl groups excluding tert-OH is 1. The van der Waals surface area contributed by atoms with Crippen molar-refractivity contribution in [3.8, 4) is 0 Å². The molecule has 0 aliphatic heterocycles. The van der Waals surface area contributed by atoms with Gasteiger partial charge in [-0.1, -0.05) is 30.3 Å². The second kappa shape index (κ2) is 5.52. The minimum atomic E-state index is -0.861. The summed E-state index contributed by atoms with van der Waals surface area (Å²) in [6.07, 6.45) is -0.163. The van der Waals surface area contributed by atoms with E-state index in [1.165, 1.54) is 6.92 Å². The van der Waals surface area contributed by atoms with Crippen molar-refractivity contribution in [3.63, 3.8) is 0 Å². The monoisotopic (exact) mass is 194 g/mol. The van der Waals surface area contributed by atoms with Gasteiger partial charge in [0.2, 0.25) is 0 Å². The van der Waals surface area contributed by atoms with E-state index in [0.717, 1.165) is 11.8 Å². The number of aldehydes is 1. The van der Waals surface area contributed by atoms with Gasteiger partial charge < -0.3 is 14.6 Å². The Balaban J connectivity index is 2.72. The van der Waals surface area contributed by atoms with Crippen LogP contribution >= 0.6 is 0 Å². The maximum absolute atomic E-state index is 10.4. The van der Waals surface area contributed by atoms with E-state index in [2.05, 4.69) is 0 Å². The van der Waals surface area contributed by atoms with Gasteiger partial charge in [0.1, 0.15) is 6.29 Å². The van der Waals surface area contributed by atoms with Crippen molar-refractivity contribution in [2.75, 3.05) is 0 Å². The Morgan fingerprint density at radius 3 is 2.57 bits per heavy atom. The lowest BCUT2D eigenvalue weighted by Gasteiger charge is -2.17. The summed E-state index contributed by atoms with van der Waals surface area (Å²) in [7, 11) is 0. The van der Waals surface area contributed by atoms with Crippen LogP contribution in [-0.2, 0) is 9.53 Å². The van der Waals surface area contributed by atoms with Crippen LogP contribution in [0.2, 0.25) is 0 Å². The van der Waals surface area contributed by atoms with Gasteiger partial charge in [-0.05, 0) is 12.5 Å². The van der Waals surface area contributed by atoms with Gasteiger partial charge in [0.05, 0.1) is 6.10 Å². The molecule has 14 heavy (non-hydrogen) atoms. The van der Waals surface area contributed by atoms with Gasteiger partial charge in [-0.3, -0.25) is 0 Å². The second-order valence-electron chi connectivity index (χ2n) is 3.04. The maximum atomic E-state index is 10.4. The van der Waals surface area contributed by atoms with Gasteiger partial charge in [-0.15, -0.1) is 0 Å². The highest BCUT2D eigenvalue weighted by molar-refractivity contribution is 5.51. The van der Waals surface area contributed by atoms with Crippen molar-refractivity contribution in [3.05, 3.63) is 35.9 Å². The Bertz CT molecular complexity index is 269. The van der Waals surface area contributed by atoms with Crippen LogP contribution in [-0.4, -0.2) is 17.7 Å². The first kappa shape index (κ1) is 10.9. The van der Waals surface area contributed by atoms with Crippen LogP contribution in [0.1, 0.15) is 25.0 Å². The number of rotatable bonds is 5. The van der Waals surface area contributed by atoms with E-state index in [9.17, 15) is 4.79 Å². The molecule has 0 heterocycles. The average Bonchev–Trinajstić information content (AvgIpc) is 2.18. The molecule has 0 bridgehead atoms. The number of aliphatic hydroxyl groups is 1. The number of carbonyl (C=O) groups excluding carboxylic acids is 1. The summed E-state index contributed by atoms with van der Waals surface area (Å²) in [6, 6.07) is 9.38. The Labute approximate surface area is 83.3 Å². The molecule has 0 amide bonds. The van der Waals surface area contributed by atoms with E-state index in [0.29, 0.717) is 0 Å². The first-order valence-corrected chi connectivity index (χ1v) is 4.56. The van der Waals surface area contributed by atoms with Crippen molar-refractivity contribution >= 4 is 6.29 Å². The van der Waals surface area contributed by atoms with E-state index in [-0.39, 0.29) is 12.5 Å². The highest BCUT2D eigenvalue weighted by Crippen LogP contribution is 2.20. The lowest BCUT2D eigenvalue weighted by atomic mass is 10.1. The standard InChI is InChI=1S/C11H14O3/c1-9(13)14-11(7-8-12)10-5-3-2-4-6-10/h2-6,8-9,11,13H,7H2,1H3. The number of hydrogen-bond donors (Lipinski definition) is 1. The summed E-state index contributed by atoms with van der Waals surface area (Å²) < 4.78 is 5.20. The maximum Gasteiger partial charge on any atom is 0.152 e. The average molecular weight is 194 g/mol. The molecule has 0 aliphatic rings. The Morgan fingerprint density at radius 1 is 1.43 bits per heavy atom. The normalized spacial score (nSPS) is 14.7. The topological polar surface area (TPSA) is 46.5 Å². The SMILES string of the molecule is CC(O)OC(CC=O)c1ccccc1. The molecule has 0 aromatic heterocycles. The van der Waals surface area contributed by atoms with Crippen molar-refractivity contribution < 1.29 is 14.6 Å². The molecule has 0 radical (unpaired) electrons. The zero-order chi connectivity index (χ0) is 10.4. The van der Waals surface area contributed by atoms with Crippen LogP contribution < -0.4 is 0 Å². The second-order valence-corrected chi connectivity index (χ2v) is 3.04. The molecular weight excluding hydrogens is 180 g/mol. The third-order valence-electron chi connectivity index (χ3n) is 1.84. The van der Waals surface area contributed by atoms with E-state index >= 15 is 0 Å². The van der Waals surface area contributed by atoms with Crippen LogP contribution in [0.4, 0.5) is 0 Å². The predicted octanol–water partition coefficient (Wildman–Crippen LogP) is 1.67. The van der Waals surface area contributed by atoms with Gasteiger partial charge >= 0.3 is 0 Å². The predicted molar refractivity (Wildman–Crippen MR) is 52.6 cm³/mol. The van der Waals surface area contributed by atoms with E-state index in [1.807, 2.05) is 30.3 Å². The van der Waals surface area contributed by atoms with E-state index in [4.69, 9.17) is 9.84 Å². The van der Waals surface area contributed by atoms with E-state index in [1.54, 1.807) is 0 Å². The fourth-order valence-electron chi connectivity index (χ4n) is 1.26. The van der Waals surface area contributed by atoms with Crippen molar-refractivity contribution in [1.82, 2.24) is 0 Å². The van der Waals surface area contributed by atoms with Crippen molar-refractivity contribution in [2.45, 2.75) is 25.7 Å². The lowest BCUT2D eigenvalue weighted by Crippen LogP contribution is -2.13. The first-order valence-electron chi connectivity index (χ1n) is 4.56. The number of hydrogen-bond acceptors (Lipinski definition) is 3. The summed E-state index contributed by atoms with van der Waals surface area (Å²) in [5, 5.41) is 9.07. The van der Waals surface area contributed by atoms with Gasteiger partial charge in [-0.2, -0.15) is 0 Å². The van der Waals surface area contributed by atoms with Crippen LogP contribution in [0, 0.1) is 0 Å². The van der Waals surface area contributed by atoms with Gasteiger partial charge in [0.15, 0.2) is 6.29 Å². The summed E-state index contributed by atoms with van der Waals surface area (Å²) >= 11 is 0. The third kappa shape index (κ3) is 3.28. The lowest BCUT2D eigenvalue weighted by molar-refractivity contribution is -0.134. The van der Waals surface area contributed by atoms with Gasteiger partial charge in [0, 0.05) is 6.42 Å². The van der Waals surface area contributed by atoms with Gasteiger partial charge in [0.25, 0.3) is 0 Å². The summed E-state index contributed by atoms with van der Waals surface area (Å²) in [5.74, 6) is 0. The summed E-state index contributed by atoms with van der Waals surface area (Å²) in [6.45, 7) is 1.53. The molecule has 3 heteroatoms.